The number of hydrogen-bond donors (Lipinski definition) is 4. The monoisotopic (exact) mass is 576 g/mol. The van der Waals surface area contributed by atoms with Crippen molar-refractivity contribution in [3.63, 3.8) is 0 Å². The summed E-state index contributed by atoms with van der Waals surface area (Å²) in [5, 5.41) is 11.3. The standard InChI is InChI=1S/C22H18ClF3N8O2.C4H10/c23-12-5-6-13-15(9-12)29-8-7-17(13)34-18(14-3-1-2-4-19(14)36-22(24,25)26)10-16(33-34)21(35)30-11-20(31-27)32-28;1-4(2)3/h1-10H,11,27-28H2,(H,30,35)(H,31,32);4H,1-3H3. The van der Waals surface area contributed by atoms with Crippen LogP contribution in [0, 0.1) is 5.92 Å². The number of hydrazone groups is 1. The Morgan fingerprint density at radius 2 is 1.85 bits per heavy atom. The van der Waals surface area contributed by atoms with Crippen molar-refractivity contribution in [3.8, 4) is 22.7 Å². The smallest absolute Gasteiger partial charge is 0.405 e. The van der Waals surface area contributed by atoms with E-state index in [0.29, 0.717) is 21.6 Å². The highest BCUT2D eigenvalue weighted by molar-refractivity contribution is 6.31. The van der Waals surface area contributed by atoms with Gasteiger partial charge in [0.15, 0.2) is 11.5 Å². The van der Waals surface area contributed by atoms with E-state index in [-0.39, 0.29) is 29.3 Å². The van der Waals surface area contributed by atoms with Crippen molar-refractivity contribution < 1.29 is 22.7 Å². The van der Waals surface area contributed by atoms with Gasteiger partial charge in [0.1, 0.15) is 5.75 Å². The quantitative estimate of drug-likeness (QED) is 0.112. The summed E-state index contributed by atoms with van der Waals surface area (Å²) in [7, 11) is 0. The van der Waals surface area contributed by atoms with Crippen molar-refractivity contribution in [3.05, 3.63) is 71.5 Å². The third kappa shape index (κ3) is 7.83. The number of carbonyl (C=O) groups is 1. The zero-order chi connectivity index (χ0) is 29.4. The van der Waals surface area contributed by atoms with E-state index in [1.54, 1.807) is 24.3 Å². The molecule has 0 aliphatic carbocycles. The Morgan fingerprint density at radius 3 is 2.50 bits per heavy atom. The number of benzene rings is 2. The predicted octanol–water partition coefficient (Wildman–Crippen LogP) is 4.77. The first-order valence-corrected chi connectivity index (χ1v) is 12.3. The fraction of sp³-hybridized carbons (Fsp3) is 0.231. The van der Waals surface area contributed by atoms with Gasteiger partial charge in [-0.25, -0.2) is 10.5 Å². The lowest BCUT2D eigenvalue weighted by Gasteiger charge is -2.15. The number of rotatable bonds is 6. The summed E-state index contributed by atoms with van der Waals surface area (Å²) in [6.07, 6.45) is -3.44. The Bertz CT molecular complexity index is 1500. The van der Waals surface area contributed by atoms with E-state index in [1.807, 2.05) is 0 Å². The number of carbonyl (C=O) groups excluding carboxylic acids is 1. The Labute approximate surface area is 233 Å². The minimum absolute atomic E-state index is 0.0492. The largest absolute Gasteiger partial charge is 0.573 e. The number of hydrogen-bond acceptors (Lipinski definition) is 7. The fourth-order valence-corrected chi connectivity index (χ4v) is 3.61. The highest BCUT2D eigenvalue weighted by atomic mass is 35.5. The number of amidine groups is 1. The third-order valence-electron chi connectivity index (χ3n) is 4.98. The number of halogens is 4. The average molecular weight is 577 g/mol. The van der Waals surface area contributed by atoms with E-state index >= 15 is 0 Å². The molecule has 6 N–H and O–H groups in total. The molecule has 0 aliphatic heterocycles. The van der Waals surface area contributed by atoms with Gasteiger partial charge in [0, 0.05) is 22.2 Å². The van der Waals surface area contributed by atoms with Gasteiger partial charge in [-0.1, -0.05) is 44.5 Å². The highest BCUT2D eigenvalue weighted by Crippen LogP contribution is 2.36. The molecule has 0 unspecified atom stereocenters. The van der Waals surface area contributed by atoms with Crippen molar-refractivity contribution in [2.75, 3.05) is 6.54 Å². The molecule has 0 radical (unpaired) electrons. The molecular weight excluding hydrogens is 549 g/mol. The number of hydrazine groups is 1. The second-order valence-electron chi connectivity index (χ2n) is 9.00. The van der Waals surface area contributed by atoms with Crippen LogP contribution in [0.4, 0.5) is 13.2 Å². The first-order chi connectivity index (χ1) is 18.9. The molecule has 2 aromatic heterocycles. The lowest BCUT2D eigenvalue weighted by Crippen LogP contribution is -2.41. The fourth-order valence-electron chi connectivity index (χ4n) is 3.44. The van der Waals surface area contributed by atoms with Crippen LogP contribution in [-0.4, -0.2) is 39.4 Å². The van der Waals surface area contributed by atoms with Gasteiger partial charge in [-0.05, 0) is 48.4 Å². The Hall–Kier alpha value is -4.36. The maximum absolute atomic E-state index is 13.1. The van der Waals surface area contributed by atoms with E-state index < -0.39 is 18.0 Å². The SMILES string of the molecule is CC(C)C.N/N=C(/CNC(=O)c1cc(-c2ccccc2OC(F)(F)F)n(-c2ccnc3cc(Cl)ccc23)n1)NN. The second-order valence-corrected chi connectivity index (χ2v) is 9.43. The van der Waals surface area contributed by atoms with Gasteiger partial charge in [0.25, 0.3) is 5.91 Å². The number of para-hydroxylation sites is 1. The Kier molecular flexibility index (Phi) is 9.91. The van der Waals surface area contributed by atoms with Crippen LogP contribution in [0.1, 0.15) is 31.3 Å². The van der Waals surface area contributed by atoms with E-state index in [9.17, 15) is 18.0 Å². The first kappa shape index (κ1) is 30.2. The zero-order valence-corrected chi connectivity index (χ0v) is 22.6. The summed E-state index contributed by atoms with van der Waals surface area (Å²) in [6.45, 7) is 6.36. The lowest BCUT2D eigenvalue weighted by molar-refractivity contribution is -0.274. The molecule has 4 aromatic rings. The topological polar surface area (TPSA) is 145 Å². The van der Waals surface area contributed by atoms with E-state index in [0.717, 1.165) is 5.92 Å². The summed E-state index contributed by atoms with van der Waals surface area (Å²) in [5.41, 5.74) is 3.30. The molecule has 40 heavy (non-hydrogen) atoms. The van der Waals surface area contributed by atoms with Gasteiger partial charge in [0.2, 0.25) is 0 Å². The van der Waals surface area contributed by atoms with E-state index in [2.05, 4.69) is 51.4 Å². The zero-order valence-electron chi connectivity index (χ0n) is 21.8. The number of amides is 1. The molecule has 0 fully saturated rings. The molecule has 0 atom stereocenters. The Morgan fingerprint density at radius 1 is 1.15 bits per heavy atom. The molecule has 14 heteroatoms. The molecule has 0 spiro atoms. The molecule has 2 aromatic carbocycles. The van der Waals surface area contributed by atoms with Gasteiger partial charge in [-0.3, -0.25) is 9.78 Å². The van der Waals surface area contributed by atoms with Crippen molar-refractivity contribution in [1.29, 1.82) is 0 Å². The van der Waals surface area contributed by atoms with Crippen LogP contribution < -0.4 is 27.2 Å². The number of nitrogens with two attached hydrogens (primary N) is 2. The second kappa shape index (κ2) is 13.1. The van der Waals surface area contributed by atoms with Crippen molar-refractivity contribution in [2.45, 2.75) is 27.1 Å². The van der Waals surface area contributed by atoms with Crippen molar-refractivity contribution in [2.24, 2.45) is 22.7 Å². The number of pyridine rings is 1. The number of alkyl halides is 3. The molecule has 10 nitrogen and oxygen atoms in total. The molecule has 0 saturated carbocycles. The van der Waals surface area contributed by atoms with Crippen molar-refractivity contribution >= 4 is 34.2 Å². The summed E-state index contributed by atoms with van der Waals surface area (Å²) in [6, 6.07) is 13.4. The number of nitrogens with zero attached hydrogens (tertiary/aromatic N) is 4. The van der Waals surface area contributed by atoms with Gasteiger partial charge in [-0.15, -0.1) is 13.2 Å². The summed E-state index contributed by atoms with van der Waals surface area (Å²) in [4.78, 5) is 17.1. The molecule has 0 aliphatic rings. The molecule has 212 valence electrons. The molecule has 4 rings (SSSR count). The lowest BCUT2D eigenvalue weighted by atomic mass is 10.1. The number of ether oxygens (including phenoxy) is 1. The minimum atomic E-state index is -4.94. The van der Waals surface area contributed by atoms with Gasteiger partial charge in [0.05, 0.1) is 23.4 Å². The molecule has 2 heterocycles. The van der Waals surface area contributed by atoms with Crippen LogP contribution in [-0.2, 0) is 0 Å². The summed E-state index contributed by atoms with van der Waals surface area (Å²) < 4.78 is 44.9. The van der Waals surface area contributed by atoms with Crippen LogP contribution in [0.2, 0.25) is 5.02 Å². The number of fused-ring (bicyclic) bond motifs is 1. The molecular formula is C26H28ClF3N8O2. The Balaban J connectivity index is 0.00000103. The first-order valence-electron chi connectivity index (χ1n) is 11.9. The van der Waals surface area contributed by atoms with E-state index in [1.165, 1.54) is 41.2 Å². The maximum Gasteiger partial charge on any atom is 0.573 e. The van der Waals surface area contributed by atoms with Crippen LogP contribution in [0.3, 0.4) is 0 Å². The third-order valence-corrected chi connectivity index (χ3v) is 5.21. The van der Waals surface area contributed by atoms with Crippen LogP contribution >= 0.6 is 11.6 Å². The maximum atomic E-state index is 13.1. The van der Waals surface area contributed by atoms with E-state index in [4.69, 9.17) is 23.3 Å². The van der Waals surface area contributed by atoms with Crippen LogP contribution in [0.5, 0.6) is 5.75 Å². The molecule has 0 bridgehead atoms. The van der Waals surface area contributed by atoms with Crippen LogP contribution in [0.25, 0.3) is 27.8 Å². The summed E-state index contributed by atoms with van der Waals surface area (Å²) in [5.74, 6) is 10.2. The molecule has 0 saturated heterocycles. The van der Waals surface area contributed by atoms with Crippen molar-refractivity contribution in [1.82, 2.24) is 25.5 Å². The predicted molar refractivity (Wildman–Crippen MR) is 148 cm³/mol. The average Bonchev–Trinajstić information content (AvgIpc) is 3.33. The van der Waals surface area contributed by atoms with Gasteiger partial charge in [-0.2, -0.15) is 10.2 Å². The van der Waals surface area contributed by atoms with Crippen LogP contribution in [0.15, 0.2) is 65.9 Å². The summed E-state index contributed by atoms with van der Waals surface area (Å²) >= 11 is 6.09. The normalized spacial score (nSPS) is 11.7. The molecule has 1 amide bonds. The van der Waals surface area contributed by atoms with Gasteiger partial charge >= 0.3 is 6.36 Å². The number of nitrogens with one attached hydrogen (secondary N) is 2. The number of aromatic nitrogens is 3. The van der Waals surface area contributed by atoms with Gasteiger partial charge < -0.3 is 21.3 Å². The minimum Gasteiger partial charge on any atom is -0.405 e. The highest BCUT2D eigenvalue weighted by Gasteiger charge is 2.33.